The van der Waals surface area contributed by atoms with Crippen molar-refractivity contribution in [1.82, 2.24) is 5.32 Å². The molecule has 0 aliphatic heterocycles. The third-order valence-electron chi connectivity index (χ3n) is 2.57. The average Bonchev–Trinajstić information content (AvgIpc) is 2.44. The maximum atomic E-state index is 10.9. The first-order chi connectivity index (χ1) is 6.68. The number of nitrogens with one attached hydrogen (secondary N) is 1. The van der Waals surface area contributed by atoms with Crippen molar-refractivity contribution in [3.05, 3.63) is 35.4 Å². The number of amides is 1. The third-order valence-corrected chi connectivity index (χ3v) is 2.57. The highest BCUT2D eigenvalue weighted by atomic mass is 16.3. The molecule has 0 aromatic heterocycles. The predicted octanol–water partition coefficient (Wildman–Crippen LogP) is 1.30. The van der Waals surface area contributed by atoms with Gasteiger partial charge in [-0.15, -0.1) is 0 Å². The number of fused-ring (bicyclic) bond motifs is 1. The van der Waals surface area contributed by atoms with Gasteiger partial charge in [-0.2, -0.15) is 0 Å². The molecule has 2 rings (SSSR count). The van der Waals surface area contributed by atoms with E-state index in [1.165, 1.54) is 6.92 Å². The highest BCUT2D eigenvalue weighted by molar-refractivity contribution is 5.73. The van der Waals surface area contributed by atoms with Gasteiger partial charge in [-0.05, 0) is 11.1 Å². The fourth-order valence-electron chi connectivity index (χ4n) is 1.99. The Kier molecular flexibility index (Phi) is 2.25. The van der Waals surface area contributed by atoms with E-state index in [0.717, 1.165) is 11.1 Å². The van der Waals surface area contributed by atoms with E-state index < -0.39 is 6.10 Å². The maximum Gasteiger partial charge on any atom is 0.217 e. The number of carbonyl (C=O) groups is 1. The Hall–Kier alpha value is -1.35. The van der Waals surface area contributed by atoms with E-state index in [1.54, 1.807) is 0 Å². The Morgan fingerprint density at radius 3 is 2.71 bits per heavy atom. The van der Waals surface area contributed by atoms with Crippen LogP contribution in [0.3, 0.4) is 0 Å². The molecule has 2 N–H and O–H groups in total. The van der Waals surface area contributed by atoms with Gasteiger partial charge in [-0.3, -0.25) is 4.79 Å². The molecule has 2 atom stereocenters. The van der Waals surface area contributed by atoms with Gasteiger partial charge in [0, 0.05) is 13.3 Å². The summed E-state index contributed by atoms with van der Waals surface area (Å²) in [5.41, 5.74) is 1.97. The quantitative estimate of drug-likeness (QED) is 0.703. The molecule has 0 unspecified atom stereocenters. The van der Waals surface area contributed by atoms with Crippen LogP contribution in [-0.2, 0) is 4.79 Å². The summed E-state index contributed by atoms with van der Waals surface area (Å²) < 4.78 is 0. The molecule has 1 amide bonds. The average molecular weight is 191 g/mol. The van der Waals surface area contributed by atoms with Crippen molar-refractivity contribution >= 4 is 5.91 Å². The summed E-state index contributed by atoms with van der Waals surface area (Å²) in [7, 11) is 0. The Balaban J connectivity index is 2.29. The van der Waals surface area contributed by atoms with Crippen LogP contribution in [0, 0.1) is 0 Å². The second kappa shape index (κ2) is 3.42. The number of hydrogen-bond acceptors (Lipinski definition) is 2. The van der Waals surface area contributed by atoms with Gasteiger partial charge in [0.05, 0.1) is 12.1 Å². The normalized spacial score (nSPS) is 24.4. The highest BCUT2D eigenvalue weighted by Gasteiger charge is 2.29. The summed E-state index contributed by atoms with van der Waals surface area (Å²) in [6.45, 7) is 1.49. The van der Waals surface area contributed by atoms with Crippen LogP contribution in [0.1, 0.15) is 36.6 Å². The molecule has 0 bridgehead atoms. The number of rotatable bonds is 1. The van der Waals surface area contributed by atoms with Crippen molar-refractivity contribution in [3.63, 3.8) is 0 Å². The maximum absolute atomic E-state index is 10.9. The first-order valence-corrected chi connectivity index (χ1v) is 4.72. The minimum atomic E-state index is -0.442. The van der Waals surface area contributed by atoms with E-state index in [1.807, 2.05) is 24.3 Å². The van der Waals surface area contributed by atoms with Gasteiger partial charge >= 0.3 is 0 Å². The van der Waals surface area contributed by atoms with Crippen LogP contribution in [0.25, 0.3) is 0 Å². The molecular weight excluding hydrogens is 178 g/mol. The molecule has 0 spiro atoms. The first-order valence-electron chi connectivity index (χ1n) is 4.72. The van der Waals surface area contributed by atoms with Crippen molar-refractivity contribution in [2.24, 2.45) is 0 Å². The van der Waals surface area contributed by atoms with E-state index in [9.17, 15) is 9.90 Å². The molecule has 0 fully saturated rings. The van der Waals surface area contributed by atoms with Gasteiger partial charge in [0.25, 0.3) is 0 Å². The summed E-state index contributed by atoms with van der Waals surface area (Å²) in [4.78, 5) is 10.9. The lowest BCUT2D eigenvalue weighted by Crippen LogP contribution is -2.24. The topological polar surface area (TPSA) is 49.3 Å². The van der Waals surface area contributed by atoms with E-state index >= 15 is 0 Å². The zero-order chi connectivity index (χ0) is 10.1. The number of carbonyl (C=O) groups excluding carboxylic acids is 1. The molecule has 1 aromatic rings. The standard InChI is InChI=1S/C11H13NO2/c1-7(13)12-10-6-11(14)9-5-3-2-4-8(9)10/h2-5,10-11,14H,6H2,1H3,(H,12,13)/t10-,11+/m0/s1. The number of aliphatic hydroxyl groups excluding tert-OH is 1. The van der Waals surface area contributed by atoms with Gasteiger partial charge in [-0.1, -0.05) is 24.3 Å². The highest BCUT2D eigenvalue weighted by Crippen LogP contribution is 2.38. The second-order valence-corrected chi connectivity index (χ2v) is 3.63. The van der Waals surface area contributed by atoms with Crippen molar-refractivity contribution in [2.45, 2.75) is 25.5 Å². The number of hydrogen-bond donors (Lipinski definition) is 2. The Bertz CT molecular complexity index is 362. The van der Waals surface area contributed by atoms with E-state index in [2.05, 4.69) is 5.32 Å². The van der Waals surface area contributed by atoms with Crippen molar-refractivity contribution in [2.75, 3.05) is 0 Å². The zero-order valence-electron chi connectivity index (χ0n) is 8.03. The molecule has 1 aliphatic rings. The lowest BCUT2D eigenvalue weighted by molar-refractivity contribution is -0.119. The minimum Gasteiger partial charge on any atom is -0.388 e. The van der Waals surface area contributed by atoms with Gasteiger partial charge in [0.1, 0.15) is 0 Å². The monoisotopic (exact) mass is 191 g/mol. The van der Waals surface area contributed by atoms with Crippen molar-refractivity contribution in [1.29, 1.82) is 0 Å². The van der Waals surface area contributed by atoms with E-state index in [0.29, 0.717) is 6.42 Å². The van der Waals surface area contributed by atoms with E-state index in [-0.39, 0.29) is 11.9 Å². The largest absolute Gasteiger partial charge is 0.388 e. The third kappa shape index (κ3) is 1.51. The summed E-state index contributed by atoms with van der Waals surface area (Å²) >= 11 is 0. The number of aliphatic hydroxyl groups is 1. The molecule has 1 aliphatic carbocycles. The first kappa shape index (κ1) is 9.21. The van der Waals surface area contributed by atoms with Gasteiger partial charge in [0.15, 0.2) is 0 Å². The second-order valence-electron chi connectivity index (χ2n) is 3.63. The molecule has 3 heteroatoms. The van der Waals surface area contributed by atoms with Crippen LogP contribution in [-0.4, -0.2) is 11.0 Å². The Morgan fingerprint density at radius 2 is 2.07 bits per heavy atom. The van der Waals surface area contributed by atoms with Gasteiger partial charge in [-0.25, -0.2) is 0 Å². The fraction of sp³-hybridized carbons (Fsp3) is 0.364. The van der Waals surface area contributed by atoms with Crippen LogP contribution in [0.5, 0.6) is 0 Å². The molecule has 0 saturated carbocycles. The lowest BCUT2D eigenvalue weighted by Gasteiger charge is -2.11. The van der Waals surface area contributed by atoms with E-state index in [4.69, 9.17) is 0 Å². The summed E-state index contributed by atoms with van der Waals surface area (Å²) in [6.07, 6.45) is 0.141. The summed E-state index contributed by atoms with van der Waals surface area (Å²) in [5, 5.41) is 12.5. The molecule has 1 aromatic carbocycles. The predicted molar refractivity (Wildman–Crippen MR) is 52.6 cm³/mol. The van der Waals surface area contributed by atoms with Gasteiger partial charge in [0.2, 0.25) is 5.91 Å². The van der Waals surface area contributed by atoms with Crippen LogP contribution in [0.2, 0.25) is 0 Å². The smallest absolute Gasteiger partial charge is 0.217 e. The van der Waals surface area contributed by atoms with Crippen LogP contribution < -0.4 is 5.32 Å². The minimum absolute atomic E-state index is 0.0290. The molecule has 0 heterocycles. The molecule has 74 valence electrons. The zero-order valence-corrected chi connectivity index (χ0v) is 8.03. The molecular formula is C11H13NO2. The fourth-order valence-corrected chi connectivity index (χ4v) is 1.99. The van der Waals surface area contributed by atoms with Crippen molar-refractivity contribution < 1.29 is 9.90 Å². The molecule has 3 nitrogen and oxygen atoms in total. The Morgan fingerprint density at radius 1 is 1.43 bits per heavy atom. The molecule has 14 heavy (non-hydrogen) atoms. The summed E-state index contributed by atoms with van der Waals surface area (Å²) in [5.74, 6) is -0.0566. The molecule has 0 radical (unpaired) electrons. The van der Waals surface area contributed by atoms with Gasteiger partial charge < -0.3 is 10.4 Å². The SMILES string of the molecule is CC(=O)N[C@H]1C[C@@H](O)c2ccccc21. The summed E-state index contributed by atoms with van der Waals surface area (Å²) in [6, 6.07) is 7.65. The van der Waals surface area contributed by atoms with Crippen LogP contribution >= 0.6 is 0 Å². The number of benzene rings is 1. The lowest BCUT2D eigenvalue weighted by atomic mass is 10.1. The van der Waals surface area contributed by atoms with Crippen LogP contribution in [0.4, 0.5) is 0 Å². The Labute approximate surface area is 82.8 Å². The van der Waals surface area contributed by atoms with Crippen molar-refractivity contribution in [3.8, 4) is 0 Å². The molecule has 0 saturated heterocycles. The van der Waals surface area contributed by atoms with Crippen LogP contribution in [0.15, 0.2) is 24.3 Å².